The fourth-order valence-electron chi connectivity index (χ4n) is 0.827. The van der Waals surface area contributed by atoms with E-state index in [1.165, 1.54) is 0 Å². The summed E-state index contributed by atoms with van der Waals surface area (Å²) in [6, 6.07) is 0. The Morgan fingerprint density at radius 1 is 1.58 bits per heavy atom. The van der Waals surface area contributed by atoms with Crippen molar-refractivity contribution in [1.29, 1.82) is 0 Å². The molecule has 12 heavy (non-hydrogen) atoms. The minimum absolute atomic E-state index is 0.402. The van der Waals surface area contributed by atoms with E-state index >= 15 is 0 Å². The average Bonchev–Trinajstić information content (AvgIpc) is 2.32. The Morgan fingerprint density at radius 3 is 2.42 bits per heavy atom. The van der Waals surface area contributed by atoms with Crippen LogP contribution >= 0.6 is 22.6 Å². The number of alkyl halides is 4. The molecule has 1 fully saturated rings. The topological polar surface area (TPSA) is 18.5 Å². The summed E-state index contributed by atoms with van der Waals surface area (Å²) in [5.41, 5.74) is 0. The molecular weight excluding hydrogens is 288 g/mol. The van der Waals surface area contributed by atoms with E-state index < -0.39 is 22.7 Å². The first-order chi connectivity index (χ1) is 5.37. The van der Waals surface area contributed by atoms with Crippen LogP contribution in [0.25, 0.3) is 0 Å². The van der Waals surface area contributed by atoms with Gasteiger partial charge in [-0.05, 0) is 22.6 Å². The van der Waals surface area contributed by atoms with Crippen molar-refractivity contribution < 1.29 is 22.6 Å². The predicted octanol–water partition coefficient (Wildman–Crippen LogP) is 2.46. The van der Waals surface area contributed by atoms with Gasteiger partial charge >= 0.3 is 6.18 Å². The van der Waals surface area contributed by atoms with Crippen molar-refractivity contribution in [3.63, 3.8) is 0 Å². The Bertz CT molecular complexity index is 173. The molecule has 0 aromatic carbocycles. The number of hydrogen-bond donors (Lipinski definition) is 0. The maximum Gasteiger partial charge on any atom is 0.417 e. The molecule has 0 bridgehead atoms. The largest absolute Gasteiger partial charge is 0.417 e. The van der Waals surface area contributed by atoms with E-state index in [0.29, 0.717) is 6.42 Å². The zero-order valence-electron chi connectivity index (χ0n) is 6.32. The van der Waals surface area contributed by atoms with Gasteiger partial charge in [0.2, 0.25) is 3.79 Å². The molecular formula is C6H8F3IO2. The van der Waals surface area contributed by atoms with Gasteiger partial charge in [-0.15, -0.1) is 0 Å². The van der Waals surface area contributed by atoms with E-state index in [9.17, 15) is 13.2 Å². The second-order valence-electron chi connectivity index (χ2n) is 2.47. The van der Waals surface area contributed by atoms with E-state index in [-0.39, 0.29) is 0 Å². The molecule has 0 spiro atoms. The maximum atomic E-state index is 12.0. The van der Waals surface area contributed by atoms with E-state index in [1.807, 2.05) is 0 Å². The summed E-state index contributed by atoms with van der Waals surface area (Å²) in [6.07, 6.45) is -5.68. The summed E-state index contributed by atoms with van der Waals surface area (Å²) in [5, 5.41) is 0. The quantitative estimate of drug-likeness (QED) is 0.546. The maximum absolute atomic E-state index is 12.0. The first kappa shape index (κ1) is 10.5. The summed E-state index contributed by atoms with van der Waals surface area (Å²) < 4.78 is 44.6. The lowest BCUT2D eigenvalue weighted by molar-refractivity contribution is -0.217. The smallest absolute Gasteiger partial charge is 0.339 e. The Hall–Kier alpha value is 0.440. The molecule has 1 aliphatic rings. The van der Waals surface area contributed by atoms with Crippen LogP contribution in [0.15, 0.2) is 0 Å². The lowest BCUT2D eigenvalue weighted by atomic mass is 10.4. The normalized spacial score (nSPS) is 37.2. The lowest BCUT2D eigenvalue weighted by Gasteiger charge is -2.19. The molecule has 1 aliphatic heterocycles. The molecule has 6 heteroatoms. The molecule has 0 N–H and O–H groups in total. The molecule has 1 unspecified atom stereocenters. The van der Waals surface area contributed by atoms with Crippen molar-refractivity contribution in [2.45, 2.75) is 29.4 Å². The first-order valence-corrected chi connectivity index (χ1v) is 4.52. The van der Waals surface area contributed by atoms with Crippen molar-refractivity contribution in [1.82, 2.24) is 0 Å². The minimum Gasteiger partial charge on any atom is -0.339 e. The van der Waals surface area contributed by atoms with Gasteiger partial charge in [-0.25, -0.2) is 0 Å². The summed E-state index contributed by atoms with van der Waals surface area (Å²) in [4.78, 5) is 0. The molecule has 1 rings (SSSR count). The Balaban J connectivity index is 2.57. The van der Waals surface area contributed by atoms with Gasteiger partial charge in [0.1, 0.15) is 0 Å². The summed E-state index contributed by atoms with van der Waals surface area (Å²) in [7, 11) is 0. The standard InChI is InChI=1S/C6H8F3IO2/c1-2-5(10)11-3-4(12-5)6(7,8)9/h4H,2-3H2,1H3/t4-,5?/m0/s1. The van der Waals surface area contributed by atoms with Gasteiger partial charge < -0.3 is 9.47 Å². The SMILES string of the molecule is CCC1(I)OC[C@@H](C(F)(F)F)O1. The van der Waals surface area contributed by atoms with E-state index in [2.05, 4.69) is 0 Å². The van der Waals surface area contributed by atoms with Crippen LogP contribution in [0.3, 0.4) is 0 Å². The first-order valence-electron chi connectivity index (χ1n) is 3.45. The summed E-state index contributed by atoms with van der Waals surface area (Å²) in [5.74, 6) is 0. The third kappa shape index (κ3) is 2.23. The number of hydrogen-bond acceptors (Lipinski definition) is 2. The summed E-state index contributed by atoms with van der Waals surface area (Å²) in [6.45, 7) is 1.31. The second-order valence-corrected chi connectivity index (χ2v) is 4.12. The number of halogens is 4. The third-order valence-electron chi connectivity index (χ3n) is 1.56. The van der Waals surface area contributed by atoms with Gasteiger partial charge in [0.15, 0.2) is 6.10 Å². The molecule has 72 valence electrons. The second kappa shape index (κ2) is 3.30. The molecule has 1 saturated heterocycles. The average molecular weight is 296 g/mol. The molecule has 2 atom stereocenters. The molecule has 0 aromatic heterocycles. The van der Waals surface area contributed by atoms with Crippen LogP contribution < -0.4 is 0 Å². The van der Waals surface area contributed by atoms with Crippen molar-refractivity contribution in [3.05, 3.63) is 0 Å². The van der Waals surface area contributed by atoms with Crippen molar-refractivity contribution in [3.8, 4) is 0 Å². The van der Waals surface area contributed by atoms with Gasteiger partial charge in [0, 0.05) is 6.42 Å². The lowest BCUT2D eigenvalue weighted by Crippen LogP contribution is -2.32. The monoisotopic (exact) mass is 296 g/mol. The van der Waals surface area contributed by atoms with Crippen molar-refractivity contribution >= 4 is 22.6 Å². The van der Waals surface area contributed by atoms with E-state index in [1.54, 1.807) is 29.5 Å². The van der Waals surface area contributed by atoms with E-state index in [0.717, 1.165) is 0 Å². The van der Waals surface area contributed by atoms with Gasteiger partial charge in [-0.1, -0.05) is 6.92 Å². The number of ether oxygens (including phenoxy) is 2. The van der Waals surface area contributed by atoms with Crippen LogP contribution in [-0.2, 0) is 9.47 Å². The van der Waals surface area contributed by atoms with Crippen molar-refractivity contribution in [2.24, 2.45) is 0 Å². The Kier molecular flexibility index (Phi) is 2.89. The Morgan fingerprint density at radius 2 is 2.17 bits per heavy atom. The van der Waals surface area contributed by atoms with Crippen LogP contribution in [0.2, 0.25) is 0 Å². The van der Waals surface area contributed by atoms with E-state index in [4.69, 9.17) is 9.47 Å². The molecule has 0 aromatic rings. The zero-order valence-corrected chi connectivity index (χ0v) is 8.48. The van der Waals surface area contributed by atoms with Gasteiger partial charge in [0.25, 0.3) is 0 Å². The molecule has 0 saturated carbocycles. The zero-order chi connectivity index (χ0) is 9.41. The molecule has 0 amide bonds. The fourth-order valence-corrected chi connectivity index (χ4v) is 1.31. The van der Waals surface area contributed by atoms with Crippen LogP contribution in [0.4, 0.5) is 13.2 Å². The van der Waals surface area contributed by atoms with Crippen LogP contribution in [0.5, 0.6) is 0 Å². The highest BCUT2D eigenvalue weighted by Crippen LogP contribution is 2.39. The summed E-state index contributed by atoms with van der Waals surface area (Å²) >= 11 is 1.74. The molecule has 2 nitrogen and oxygen atoms in total. The third-order valence-corrected chi connectivity index (χ3v) is 2.88. The minimum atomic E-state index is -4.32. The van der Waals surface area contributed by atoms with Gasteiger partial charge in [-0.2, -0.15) is 13.2 Å². The predicted molar refractivity (Wildman–Crippen MR) is 43.9 cm³/mol. The van der Waals surface area contributed by atoms with Gasteiger partial charge in [0.05, 0.1) is 6.61 Å². The van der Waals surface area contributed by atoms with Crippen molar-refractivity contribution in [2.75, 3.05) is 6.61 Å². The molecule has 1 heterocycles. The van der Waals surface area contributed by atoms with Crippen LogP contribution in [0.1, 0.15) is 13.3 Å². The Labute approximate surface area is 81.5 Å². The highest BCUT2D eigenvalue weighted by Gasteiger charge is 2.50. The highest BCUT2D eigenvalue weighted by atomic mass is 127. The van der Waals surface area contributed by atoms with Crippen LogP contribution in [-0.4, -0.2) is 22.7 Å². The molecule has 0 aliphatic carbocycles. The van der Waals surface area contributed by atoms with Crippen LogP contribution in [0, 0.1) is 0 Å². The number of rotatable bonds is 1. The molecule has 0 radical (unpaired) electrons. The highest BCUT2D eigenvalue weighted by molar-refractivity contribution is 14.1. The van der Waals surface area contributed by atoms with Gasteiger partial charge in [-0.3, -0.25) is 0 Å². The fraction of sp³-hybridized carbons (Fsp3) is 1.00.